The van der Waals surface area contributed by atoms with Crippen LogP contribution >= 0.6 is 0 Å². The summed E-state index contributed by atoms with van der Waals surface area (Å²) in [6, 6.07) is 0. The van der Waals surface area contributed by atoms with Gasteiger partial charge < -0.3 is 29.9 Å². The molecule has 0 heterocycles. The van der Waals surface area contributed by atoms with Crippen LogP contribution in [-0.2, 0) is 28.7 Å². The summed E-state index contributed by atoms with van der Waals surface area (Å²) in [5.41, 5.74) is 0. The lowest BCUT2D eigenvalue weighted by atomic mass is 9.95. The molecule has 0 aromatic carbocycles. The van der Waals surface area contributed by atoms with Gasteiger partial charge in [0.2, 0.25) is 11.8 Å². The molecular formula is C70H140N4O6. The minimum atomic E-state index is -0.0319. The van der Waals surface area contributed by atoms with Gasteiger partial charge in [0, 0.05) is 51.9 Å². The van der Waals surface area contributed by atoms with Crippen molar-refractivity contribution in [3.8, 4) is 0 Å². The highest BCUT2D eigenvalue weighted by atomic mass is 16.5. The molecule has 2 unspecified atom stereocenters. The number of esters is 2. The predicted molar refractivity (Wildman–Crippen MR) is 346 cm³/mol. The van der Waals surface area contributed by atoms with Gasteiger partial charge in [-0.15, -0.1) is 0 Å². The zero-order chi connectivity index (χ0) is 59.0. The van der Waals surface area contributed by atoms with E-state index in [0.717, 1.165) is 129 Å². The lowest BCUT2D eigenvalue weighted by molar-refractivity contribution is -0.146. The van der Waals surface area contributed by atoms with Crippen LogP contribution in [-0.4, -0.2) is 100 Å². The number of carbonyl (C=O) groups is 4. The highest BCUT2D eigenvalue weighted by Crippen LogP contribution is 2.22. The average molecular weight is 1130 g/mol. The van der Waals surface area contributed by atoms with Crippen molar-refractivity contribution >= 4 is 23.8 Å². The van der Waals surface area contributed by atoms with Crippen molar-refractivity contribution in [3.05, 3.63) is 0 Å². The molecule has 0 radical (unpaired) electrons. The lowest BCUT2D eigenvalue weighted by Crippen LogP contribution is -2.32. The molecule has 0 saturated heterocycles. The summed E-state index contributed by atoms with van der Waals surface area (Å²) in [6.07, 6.45) is 54.8. The van der Waals surface area contributed by atoms with Crippen LogP contribution in [0.15, 0.2) is 0 Å². The Morgan fingerprint density at radius 1 is 0.300 bits per heavy atom. The maximum absolute atomic E-state index is 12.8. The molecule has 10 nitrogen and oxygen atoms in total. The summed E-state index contributed by atoms with van der Waals surface area (Å²) >= 11 is 0. The number of nitrogens with one attached hydrogen (secondary N) is 2. The second kappa shape index (κ2) is 65.9. The van der Waals surface area contributed by atoms with Gasteiger partial charge in [0.1, 0.15) is 0 Å². The molecule has 0 aliphatic rings. The van der Waals surface area contributed by atoms with Crippen LogP contribution in [0.25, 0.3) is 0 Å². The Labute approximate surface area is 498 Å². The standard InChI is InChI=1S/2C35H70N2O3/c2*1-5-8-11-14-15-19-26-33(25-18-12-9-6-2)32-40-35(39)28-21-17-24-31-37(30-23-13-10-7-3)34(38)27-20-16-22-29-36-4/h2*33,36H,5-32H2,1-4H3. The zero-order valence-corrected chi connectivity index (χ0v) is 55.1. The number of carbonyl (C=O) groups excluding carboxylic acids is 4. The summed E-state index contributed by atoms with van der Waals surface area (Å²) < 4.78 is 11.5. The number of rotatable bonds is 62. The molecular weight excluding hydrogens is 993 g/mol. The normalized spacial score (nSPS) is 12.0. The maximum atomic E-state index is 12.8. The predicted octanol–water partition coefficient (Wildman–Crippen LogP) is 19.2. The summed E-state index contributed by atoms with van der Waals surface area (Å²) in [5.74, 6) is 1.62. The van der Waals surface area contributed by atoms with E-state index in [0.29, 0.717) is 62.5 Å². The largest absolute Gasteiger partial charge is 0.465 e. The van der Waals surface area contributed by atoms with E-state index >= 15 is 0 Å². The fourth-order valence-electron chi connectivity index (χ4n) is 10.8. The monoisotopic (exact) mass is 1130 g/mol. The van der Waals surface area contributed by atoms with Crippen LogP contribution in [0.2, 0.25) is 0 Å². The first kappa shape index (κ1) is 79.9. The first-order chi connectivity index (χ1) is 39.2. The lowest BCUT2D eigenvalue weighted by Gasteiger charge is -2.23. The third-order valence-electron chi connectivity index (χ3n) is 16.3. The Balaban J connectivity index is 0. The van der Waals surface area contributed by atoms with E-state index in [4.69, 9.17) is 9.47 Å². The van der Waals surface area contributed by atoms with Crippen LogP contribution < -0.4 is 10.6 Å². The van der Waals surface area contributed by atoms with Crippen LogP contribution in [0.4, 0.5) is 0 Å². The summed E-state index contributed by atoms with van der Waals surface area (Å²) in [5, 5.41) is 6.36. The fraction of sp³-hybridized carbons (Fsp3) is 0.943. The number of nitrogens with zero attached hydrogens (tertiary/aromatic N) is 2. The molecule has 476 valence electrons. The first-order valence-corrected chi connectivity index (χ1v) is 35.3. The third kappa shape index (κ3) is 57.6. The zero-order valence-electron chi connectivity index (χ0n) is 55.1. The molecule has 0 aromatic heterocycles. The smallest absolute Gasteiger partial charge is 0.305 e. The summed E-state index contributed by atoms with van der Waals surface area (Å²) in [6.45, 7) is 20.2. The Hall–Kier alpha value is -2.20. The Morgan fingerprint density at radius 2 is 0.537 bits per heavy atom. The van der Waals surface area contributed by atoms with Gasteiger partial charge in [0.05, 0.1) is 13.2 Å². The van der Waals surface area contributed by atoms with Crippen molar-refractivity contribution in [1.29, 1.82) is 0 Å². The maximum Gasteiger partial charge on any atom is 0.305 e. The molecule has 10 heteroatoms. The van der Waals surface area contributed by atoms with E-state index in [1.807, 2.05) is 14.1 Å². The van der Waals surface area contributed by atoms with Gasteiger partial charge >= 0.3 is 11.9 Å². The number of hydrogen-bond donors (Lipinski definition) is 2. The molecule has 0 fully saturated rings. The van der Waals surface area contributed by atoms with E-state index in [2.05, 4.69) is 62.0 Å². The second-order valence-corrected chi connectivity index (χ2v) is 24.2. The van der Waals surface area contributed by atoms with Crippen molar-refractivity contribution in [1.82, 2.24) is 20.4 Å². The molecule has 0 aromatic rings. The molecule has 80 heavy (non-hydrogen) atoms. The number of amides is 2. The average Bonchev–Trinajstić information content (AvgIpc) is 3.46. The van der Waals surface area contributed by atoms with E-state index < -0.39 is 0 Å². The van der Waals surface area contributed by atoms with E-state index in [9.17, 15) is 19.2 Å². The minimum Gasteiger partial charge on any atom is -0.465 e. The van der Waals surface area contributed by atoms with Gasteiger partial charge in [-0.3, -0.25) is 19.2 Å². The third-order valence-corrected chi connectivity index (χ3v) is 16.3. The minimum absolute atomic E-state index is 0.0319. The Bertz CT molecular complexity index is 1210. The van der Waals surface area contributed by atoms with Crippen LogP contribution in [0.3, 0.4) is 0 Å². The van der Waals surface area contributed by atoms with Crippen molar-refractivity contribution in [2.24, 2.45) is 11.8 Å². The van der Waals surface area contributed by atoms with Crippen LogP contribution in [0, 0.1) is 11.8 Å². The Kier molecular flexibility index (Phi) is 65.8. The van der Waals surface area contributed by atoms with E-state index in [-0.39, 0.29) is 11.9 Å². The van der Waals surface area contributed by atoms with Gasteiger partial charge in [-0.25, -0.2) is 0 Å². The molecule has 0 aliphatic carbocycles. The molecule has 0 rings (SSSR count). The van der Waals surface area contributed by atoms with Crippen LogP contribution in [0.5, 0.6) is 0 Å². The molecule has 0 saturated carbocycles. The number of hydrogen-bond acceptors (Lipinski definition) is 8. The van der Waals surface area contributed by atoms with Crippen molar-refractivity contribution in [2.75, 3.05) is 66.6 Å². The molecule has 0 spiro atoms. The molecule has 2 amide bonds. The van der Waals surface area contributed by atoms with Crippen molar-refractivity contribution in [3.63, 3.8) is 0 Å². The van der Waals surface area contributed by atoms with E-state index in [1.54, 1.807) is 0 Å². The van der Waals surface area contributed by atoms with E-state index in [1.165, 1.54) is 193 Å². The van der Waals surface area contributed by atoms with Crippen molar-refractivity contribution < 1.29 is 28.7 Å². The molecule has 2 atom stereocenters. The summed E-state index contributed by atoms with van der Waals surface area (Å²) in [7, 11) is 3.96. The van der Waals surface area contributed by atoms with Gasteiger partial charge in [-0.05, 0) is 129 Å². The van der Waals surface area contributed by atoms with Crippen LogP contribution in [0.1, 0.15) is 350 Å². The van der Waals surface area contributed by atoms with Crippen molar-refractivity contribution in [2.45, 2.75) is 350 Å². The number of unbranched alkanes of at least 4 members (excludes halogenated alkanes) is 30. The fourth-order valence-corrected chi connectivity index (χ4v) is 10.8. The number of ether oxygens (including phenoxy) is 2. The van der Waals surface area contributed by atoms with Gasteiger partial charge in [-0.2, -0.15) is 0 Å². The topological polar surface area (TPSA) is 117 Å². The molecule has 0 bridgehead atoms. The first-order valence-electron chi connectivity index (χ1n) is 35.3. The Morgan fingerprint density at radius 3 is 0.838 bits per heavy atom. The highest BCUT2D eigenvalue weighted by Gasteiger charge is 2.17. The second-order valence-electron chi connectivity index (χ2n) is 24.2. The SMILES string of the molecule is CCCCCCCCC(CCCCCC)COC(=O)CCCCCN(CCCCCC)C(=O)CCCCCNC.CCCCCCCCC(CCCCCC)COC(=O)CCCCCN(CCCCCC)C(=O)CCCCCNC. The summed E-state index contributed by atoms with van der Waals surface area (Å²) in [4.78, 5) is 54.9. The van der Waals surface area contributed by atoms with Gasteiger partial charge in [0.25, 0.3) is 0 Å². The quantitative estimate of drug-likeness (QED) is 0.0457. The molecule has 2 N–H and O–H groups in total. The van der Waals surface area contributed by atoms with Gasteiger partial charge in [-0.1, -0.05) is 234 Å². The highest BCUT2D eigenvalue weighted by molar-refractivity contribution is 5.76. The molecule has 0 aliphatic heterocycles. The van der Waals surface area contributed by atoms with Gasteiger partial charge in [0.15, 0.2) is 0 Å².